The van der Waals surface area contributed by atoms with Crippen molar-refractivity contribution in [1.82, 2.24) is 9.97 Å². The monoisotopic (exact) mass is 206 g/mol. The zero-order valence-electron chi connectivity index (χ0n) is 9.19. The smallest absolute Gasteiger partial charge is 0.147 e. The van der Waals surface area contributed by atoms with Crippen molar-refractivity contribution >= 4 is 5.82 Å². The Bertz CT molecular complexity index is 304. The van der Waals surface area contributed by atoms with Crippen LogP contribution in [0.2, 0.25) is 0 Å². The van der Waals surface area contributed by atoms with Gasteiger partial charge >= 0.3 is 0 Å². The SMILES string of the molecule is CC1(CN)CCN(c2cnccn2)CC1. The first-order valence-electron chi connectivity index (χ1n) is 5.45. The Hall–Kier alpha value is -1.16. The van der Waals surface area contributed by atoms with Gasteiger partial charge in [-0.3, -0.25) is 4.98 Å². The number of aromatic nitrogens is 2. The molecule has 2 rings (SSSR count). The number of nitrogens with zero attached hydrogens (tertiary/aromatic N) is 3. The summed E-state index contributed by atoms with van der Waals surface area (Å²) in [5.41, 5.74) is 6.09. The highest BCUT2D eigenvalue weighted by Crippen LogP contribution is 2.30. The van der Waals surface area contributed by atoms with Gasteiger partial charge in [-0.05, 0) is 24.8 Å². The summed E-state index contributed by atoms with van der Waals surface area (Å²) in [7, 11) is 0. The zero-order valence-corrected chi connectivity index (χ0v) is 9.19. The van der Waals surface area contributed by atoms with Gasteiger partial charge in [0.2, 0.25) is 0 Å². The molecule has 2 heterocycles. The lowest BCUT2D eigenvalue weighted by molar-refractivity contribution is 0.258. The molecule has 0 radical (unpaired) electrons. The van der Waals surface area contributed by atoms with Gasteiger partial charge in [-0.15, -0.1) is 0 Å². The standard InChI is InChI=1S/C11H18N4/c1-11(9-12)2-6-15(7-3-11)10-8-13-4-5-14-10/h4-5,8H,2-3,6-7,9,12H2,1H3. The fourth-order valence-corrected chi connectivity index (χ4v) is 1.93. The quantitative estimate of drug-likeness (QED) is 0.785. The molecule has 1 aromatic rings. The minimum Gasteiger partial charge on any atom is -0.355 e. The predicted octanol–water partition coefficient (Wildman–Crippen LogP) is 1.04. The topological polar surface area (TPSA) is 55.0 Å². The zero-order chi connectivity index (χ0) is 10.7. The highest BCUT2D eigenvalue weighted by atomic mass is 15.2. The van der Waals surface area contributed by atoms with E-state index < -0.39 is 0 Å². The average molecular weight is 206 g/mol. The number of piperidine rings is 1. The Balaban J connectivity index is 2.00. The Morgan fingerprint density at radius 1 is 1.40 bits per heavy atom. The van der Waals surface area contributed by atoms with Crippen molar-refractivity contribution < 1.29 is 0 Å². The van der Waals surface area contributed by atoms with Crippen molar-refractivity contribution in [2.75, 3.05) is 24.5 Å². The van der Waals surface area contributed by atoms with E-state index in [0.29, 0.717) is 5.41 Å². The Labute approximate surface area is 90.5 Å². The first kappa shape index (κ1) is 10.4. The van der Waals surface area contributed by atoms with E-state index in [-0.39, 0.29) is 0 Å². The first-order chi connectivity index (χ1) is 7.23. The summed E-state index contributed by atoms with van der Waals surface area (Å²) in [6, 6.07) is 0. The molecule has 0 unspecified atom stereocenters. The lowest BCUT2D eigenvalue weighted by Crippen LogP contribution is -2.42. The van der Waals surface area contributed by atoms with Crippen LogP contribution >= 0.6 is 0 Å². The van der Waals surface area contributed by atoms with Crippen molar-refractivity contribution in [3.05, 3.63) is 18.6 Å². The molecule has 0 saturated carbocycles. The molecule has 0 amide bonds. The fraction of sp³-hybridized carbons (Fsp3) is 0.636. The van der Waals surface area contributed by atoms with Gasteiger partial charge in [0.15, 0.2) is 0 Å². The maximum absolute atomic E-state index is 5.78. The van der Waals surface area contributed by atoms with Gasteiger partial charge in [0.25, 0.3) is 0 Å². The second-order valence-corrected chi connectivity index (χ2v) is 4.57. The first-order valence-corrected chi connectivity index (χ1v) is 5.45. The van der Waals surface area contributed by atoms with Crippen LogP contribution < -0.4 is 10.6 Å². The number of hydrogen-bond donors (Lipinski definition) is 1. The molecule has 0 atom stereocenters. The third-order valence-corrected chi connectivity index (χ3v) is 3.34. The van der Waals surface area contributed by atoms with E-state index >= 15 is 0 Å². The Kier molecular flexibility index (Phi) is 2.86. The molecule has 2 N–H and O–H groups in total. The largest absolute Gasteiger partial charge is 0.355 e. The summed E-state index contributed by atoms with van der Waals surface area (Å²) in [5.74, 6) is 0.983. The predicted molar refractivity (Wildman–Crippen MR) is 60.6 cm³/mol. The molecule has 1 aliphatic rings. The van der Waals surface area contributed by atoms with Gasteiger partial charge in [-0.1, -0.05) is 6.92 Å². The summed E-state index contributed by atoms with van der Waals surface area (Å²) >= 11 is 0. The van der Waals surface area contributed by atoms with E-state index in [2.05, 4.69) is 21.8 Å². The van der Waals surface area contributed by atoms with Crippen molar-refractivity contribution in [2.24, 2.45) is 11.1 Å². The van der Waals surface area contributed by atoms with Gasteiger partial charge in [0.05, 0.1) is 6.20 Å². The number of anilines is 1. The van der Waals surface area contributed by atoms with Crippen LogP contribution in [0.3, 0.4) is 0 Å². The molecule has 4 heteroatoms. The van der Waals surface area contributed by atoms with Crippen LogP contribution in [0, 0.1) is 5.41 Å². The Morgan fingerprint density at radius 3 is 2.67 bits per heavy atom. The van der Waals surface area contributed by atoms with Crippen molar-refractivity contribution in [2.45, 2.75) is 19.8 Å². The van der Waals surface area contributed by atoms with E-state index in [1.165, 1.54) is 0 Å². The van der Waals surface area contributed by atoms with E-state index in [0.717, 1.165) is 38.3 Å². The summed E-state index contributed by atoms with van der Waals surface area (Å²) < 4.78 is 0. The van der Waals surface area contributed by atoms with Gasteiger partial charge in [-0.2, -0.15) is 0 Å². The number of hydrogen-bond acceptors (Lipinski definition) is 4. The third kappa shape index (κ3) is 2.26. The van der Waals surface area contributed by atoms with Crippen molar-refractivity contribution in [3.63, 3.8) is 0 Å². The van der Waals surface area contributed by atoms with Crippen LogP contribution in [0.1, 0.15) is 19.8 Å². The van der Waals surface area contributed by atoms with Gasteiger partial charge in [0, 0.05) is 25.5 Å². The molecule has 0 aliphatic carbocycles. The maximum atomic E-state index is 5.78. The summed E-state index contributed by atoms with van der Waals surface area (Å²) in [6.45, 7) is 5.11. The second-order valence-electron chi connectivity index (χ2n) is 4.57. The summed E-state index contributed by atoms with van der Waals surface area (Å²) in [6.07, 6.45) is 7.55. The molecule has 1 aliphatic heterocycles. The van der Waals surface area contributed by atoms with E-state index in [9.17, 15) is 0 Å². The van der Waals surface area contributed by atoms with Crippen LogP contribution in [0.25, 0.3) is 0 Å². The van der Waals surface area contributed by atoms with E-state index in [4.69, 9.17) is 5.73 Å². The van der Waals surface area contributed by atoms with Crippen LogP contribution in [-0.2, 0) is 0 Å². The van der Waals surface area contributed by atoms with Crippen LogP contribution in [-0.4, -0.2) is 29.6 Å². The number of nitrogens with two attached hydrogens (primary N) is 1. The normalized spacial score (nSPS) is 20.3. The van der Waals surface area contributed by atoms with Crippen molar-refractivity contribution in [1.29, 1.82) is 0 Å². The second kappa shape index (κ2) is 4.14. The molecular weight excluding hydrogens is 188 g/mol. The van der Waals surface area contributed by atoms with Gasteiger partial charge < -0.3 is 10.6 Å². The number of rotatable bonds is 2. The van der Waals surface area contributed by atoms with Crippen LogP contribution in [0.15, 0.2) is 18.6 Å². The molecule has 82 valence electrons. The molecular formula is C11H18N4. The van der Waals surface area contributed by atoms with Crippen molar-refractivity contribution in [3.8, 4) is 0 Å². The minimum atomic E-state index is 0.318. The lowest BCUT2D eigenvalue weighted by atomic mass is 9.80. The third-order valence-electron chi connectivity index (χ3n) is 3.34. The lowest BCUT2D eigenvalue weighted by Gasteiger charge is -2.39. The maximum Gasteiger partial charge on any atom is 0.147 e. The molecule has 4 nitrogen and oxygen atoms in total. The molecule has 0 bridgehead atoms. The summed E-state index contributed by atoms with van der Waals surface area (Å²) in [4.78, 5) is 10.7. The van der Waals surface area contributed by atoms with Gasteiger partial charge in [-0.25, -0.2) is 4.98 Å². The van der Waals surface area contributed by atoms with E-state index in [1.807, 2.05) is 6.20 Å². The molecule has 1 saturated heterocycles. The fourth-order valence-electron chi connectivity index (χ4n) is 1.93. The molecule has 15 heavy (non-hydrogen) atoms. The molecule has 0 aromatic carbocycles. The molecule has 0 spiro atoms. The minimum absolute atomic E-state index is 0.318. The molecule has 1 aromatic heterocycles. The van der Waals surface area contributed by atoms with Crippen LogP contribution in [0.5, 0.6) is 0 Å². The molecule has 1 fully saturated rings. The highest BCUT2D eigenvalue weighted by molar-refractivity contribution is 5.35. The van der Waals surface area contributed by atoms with E-state index in [1.54, 1.807) is 12.4 Å². The van der Waals surface area contributed by atoms with Crippen LogP contribution in [0.4, 0.5) is 5.82 Å². The summed E-state index contributed by atoms with van der Waals surface area (Å²) in [5, 5.41) is 0. The average Bonchev–Trinajstić information content (AvgIpc) is 2.31. The highest BCUT2D eigenvalue weighted by Gasteiger charge is 2.28. The Morgan fingerprint density at radius 2 is 2.13 bits per heavy atom. The van der Waals surface area contributed by atoms with Gasteiger partial charge in [0.1, 0.15) is 5.82 Å².